The fraction of sp³-hybridized carbons (Fsp3) is 0.519. The number of phenolic OH excluding ortho intramolecular Hbond substituents is 1. The molecule has 0 aromatic heterocycles. The van der Waals surface area contributed by atoms with E-state index in [1.54, 1.807) is 6.07 Å². The Balaban J connectivity index is 1.75. The maximum absolute atomic E-state index is 11.5. The summed E-state index contributed by atoms with van der Waals surface area (Å²) in [5.41, 5.74) is 3.33. The minimum atomic E-state index is -0.298. The molecule has 3 rings (SSSR count). The van der Waals surface area contributed by atoms with Gasteiger partial charge in [-0.3, -0.25) is 9.69 Å². The number of carbonyl (C=O) groups is 1. The quantitative estimate of drug-likeness (QED) is 0.579. The Morgan fingerprint density at radius 1 is 1.00 bits per heavy atom. The van der Waals surface area contributed by atoms with E-state index in [0.717, 1.165) is 23.6 Å². The lowest BCUT2D eigenvalue weighted by atomic mass is 9.71. The van der Waals surface area contributed by atoms with E-state index in [1.807, 2.05) is 18.2 Å². The van der Waals surface area contributed by atoms with Gasteiger partial charge in [0.2, 0.25) is 0 Å². The number of phenols is 1. The Kier molecular flexibility index (Phi) is 7.77. The highest BCUT2D eigenvalue weighted by atomic mass is 16.5. The van der Waals surface area contributed by atoms with E-state index in [-0.39, 0.29) is 18.1 Å². The fourth-order valence-electron chi connectivity index (χ4n) is 4.75. The highest BCUT2D eigenvalue weighted by molar-refractivity contribution is 5.72. The van der Waals surface area contributed by atoms with Gasteiger partial charge in [0, 0.05) is 24.7 Å². The van der Waals surface area contributed by atoms with E-state index in [0.29, 0.717) is 18.0 Å². The maximum atomic E-state index is 11.5. The van der Waals surface area contributed by atoms with Crippen molar-refractivity contribution < 1.29 is 14.6 Å². The lowest BCUT2D eigenvalue weighted by Gasteiger charge is -2.41. The lowest BCUT2D eigenvalue weighted by Crippen LogP contribution is -2.39. The number of carbonyl (C=O) groups excluding carboxylic acids is 1. The van der Waals surface area contributed by atoms with Crippen molar-refractivity contribution in [3.63, 3.8) is 0 Å². The first-order chi connectivity index (χ1) is 14.8. The number of methoxy groups -OCH3 is 1. The zero-order valence-electron chi connectivity index (χ0n) is 19.4. The molecule has 0 unspecified atom stereocenters. The number of hydrogen-bond donors (Lipinski definition) is 1. The Bertz CT molecular complexity index is 849. The summed E-state index contributed by atoms with van der Waals surface area (Å²) in [6.45, 7) is 8.63. The van der Waals surface area contributed by atoms with Crippen molar-refractivity contribution in [1.29, 1.82) is 0 Å². The van der Waals surface area contributed by atoms with E-state index in [9.17, 15) is 9.90 Å². The van der Waals surface area contributed by atoms with Gasteiger partial charge in [0.15, 0.2) is 0 Å². The van der Waals surface area contributed by atoms with Crippen LogP contribution < -0.4 is 0 Å². The number of esters is 1. The van der Waals surface area contributed by atoms with Crippen molar-refractivity contribution in [2.45, 2.75) is 72.0 Å². The summed E-state index contributed by atoms with van der Waals surface area (Å²) in [5, 5.41) is 10.7. The molecule has 4 heteroatoms. The van der Waals surface area contributed by atoms with Gasteiger partial charge in [0.05, 0.1) is 13.5 Å². The number of hydrogen-bond acceptors (Lipinski definition) is 4. The molecule has 31 heavy (non-hydrogen) atoms. The van der Waals surface area contributed by atoms with Gasteiger partial charge in [0.1, 0.15) is 5.75 Å². The molecule has 168 valence electrons. The molecule has 2 aromatic carbocycles. The van der Waals surface area contributed by atoms with Crippen molar-refractivity contribution in [3.05, 3.63) is 65.2 Å². The van der Waals surface area contributed by atoms with Crippen LogP contribution in [0.3, 0.4) is 0 Å². The molecule has 1 N–H and O–H groups in total. The smallest absolute Gasteiger partial charge is 0.309 e. The van der Waals surface area contributed by atoms with Crippen LogP contribution in [-0.4, -0.2) is 29.1 Å². The second-order valence-electron chi connectivity index (χ2n) is 9.98. The SMILES string of the molecule is COC(=O)Cc1ccc(CN(Cc2ccccc2)[C@H]2CC[C@H](C(C)(C)C)CC2)c(O)c1. The number of benzene rings is 2. The Morgan fingerprint density at radius 2 is 1.68 bits per heavy atom. The van der Waals surface area contributed by atoms with Crippen LogP contribution in [-0.2, 0) is 29.0 Å². The lowest BCUT2D eigenvalue weighted by molar-refractivity contribution is -0.139. The highest BCUT2D eigenvalue weighted by Gasteiger charge is 2.32. The molecule has 0 radical (unpaired) electrons. The second kappa shape index (κ2) is 10.3. The largest absolute Gasteiger partial charge is 0.508 e. The van der Waals surface area contributed by atoms with Crippen molar-refractivity contribution >= 4 is 5.97 Å². The van der Waals surface area contributed by atoms with Gasteiger partial charge in [-0.05, 0) is 54.2 Å². The molecule has 0 saturated heterocycles. The van der Waals surface area contributed by atoms with Crippen LogP contribution in [0.25, 0.3) is 0 Å². The molecular weight excluding hydrogens is 386 g/mol. The van der Waals surface area contributed by atoms with Crippen LogP contribution in [0.15, 0.2) is 48.5 Å². The van der Waals surface area contributed by atoms with Gasteiger partial charge in [-0.25, -0.2) is 0 Å². The van der Waals surface area contributed by atoms with Gasteiger partial charge in [-0.1, -0.05) is 63.2 Å². The molecular formula is C27H37NO3. The summed E-state index contributed by atoms with van der Waals surface area (Å²) in [7, 11) is 1.38. The molecule has 1 aliphatic carbocycles. The summed E-state index contributed by atoms with van der Waals surface area (Å²) >= 11 is 0. The van der Waals surface area contributed by atoms with Gasteiger partial charge >= 0.3 is 5.97 Å². The van der Waals surface area contributed by atoms with Crippen LogP contribution in [0, 0.1) is 11.3 Å². The van der Waals surface area contributed by atoms with Crippen molar-refractivity contribution in [1.82, 2.24) is 4.90 Å². The van der Waals surface area contributed by atoms with E-state index in [4.69, 9.17) is 4.74 Å². The van der Waals surface area contributed by atoms with E-state index >= 15 is 0 Å². The van der Waals surface area contributed by atoms with E-state index < -0.39 is 0 Å². The standard InChI is InChI=1S/C27H37NO3/c1-27(2,3)23-12-14-24(15-13-23)28(18-20-8-6-5-7-9-20)19-22-11-10-21(16-25(22)29)17-26(30)31-4/h5-11,16,23-24,29H,12-15,17-19H2,1-4H3/t23-,24-. The molecule has 1 saturated carbocycles. The maximum Gasteiger partial charge on any atom is 0.309 e. The first-order valence-electron chi connectivity index (χ1n) is 11.4. The molecule has 0 bridgehead atoms. The van der Waals surface area contributed by atoms with Crippen LogP contribution in [0.5, 0.6) is 5.75 Å². The average Bonchev–Trinajstić information content (AvgIpc) is 2.75. The number of rotatable bonds is 7. The normalized spacial score (nSPS) is 19.4. The van der Waals surface area contributed by atoms with Gasteiger partial charge in [0.25, 0.3) is 0 Å². The summed E-state index contributed by atoms with van der Waals surface area (Å²) in [6, 6.07) is 16.6. The average molecular weight is 424 g/mol. The minimum absolute atomic E-state index is 0.175. The van der Waals surface area contributed by atoms with Gasteiger partial charge in [-0.2, -0.15) is 0 Å². The minimum Gasteiger partial charge on any atom is -0.508 e. The van der Waals surface area contributed by atoms with Crippen molar-refractivity contribution in [2.24, 2.45) is 11.3 Å². The van der Waals surface area contributed by atoms with Crippen molar-refractivity contribution in [3.8, 4) is 5.75 Å². The highest BCUT2D eigenvalue weighted by Crippen LogP contribution is 2.39. The third-order valence-corrected chi connectivity index (χ3v) is 6.77. The monoisotopic (exact) mass is 423 g/mol. The number of ether oxygens (including phenoxy) is 1. The summed E-state index contributed by atoms with van der Waals surface area (Å²) in [6.07, 6.45) is 5.06. The second-order valence-corrected chi connectivity index (χ2v) is 9.98. The topological polar surface area (TPSA) is 49.8 Å². The molecule has 0 aliphatic heterocycles. The summed E-state index contributed by atoms with van der Waals surface area (Å²) in [5.74, 6) is 0.727. The van der Waals surface area contributed by atoms with Gasteiger partial charge < -0.3 is 9.84 Å². The molecule has 0 spiro atoms. The Hall–Kier alpha value is -2.33. The molecule has 0 atom stereocenters. The molecule has 0 heterocycles. The van der Waals surface area contributed by atoms with E-state index in [1.165, 1.54) is 38.4 Å². The molecule has 2 aromatic rings. The van der Waals surface area contributed by atoms with Crippen LogP contribution in [0.4, 0.5) is 0 Å². The summed E-state index contributed by atoms with van der Waals surface area (Å²) in [4.78, 5) is 14.1. The predicted molar refractivity (Wildman–Crippen MR) is 125 cm³/mol. The first kappa shape index (κ1) is 23.3. The zero-order valence-corrected chi connectivity index (χ0v) is 19.4. The Labute approximate surface area is 187 Å². The van der Waals surface area contributed by atoms with Crippen LogP contribution >= 0.6 is 0 Å². The molecule has 4 nitrogen and oxygen atoms in total. The third kappa shape index (κ3) is 6.57. The van der Waals surface area contributed by atoms with E-state index in [2.05, 4.69) is 49.9 Å². The molecule has 1 aliphatic rings. The first-order valence-corrected chi connectivity index (χ1v) is 11.4. The Morgan fingerprint density at radius 3 is 2.26 bits per heavy atom. The number of nitrogens with zero attached hydrogens (tertiary/aromatic N) is 1. The van der Waals surface area contributed by atoms with Crippen LogP contribution in [0.1, 0.15) is 63.1 Å². The van der Waals surface area contributed by atoms with Crippen molar-refractivity contribution in [2.75, 3.05) is 7.11 Å². The third-order valence-electron chi connectivity index (χ3n) is 6.77. The summed E-state index contributed by atoms with van der Waals surface area (Å²) < 4.78 is 4.74. The zero-order chi connectivity index (χ0) is 22.4. The molecule has 0 amide bonds. The molecule has 1 fully saturated rings. The fourth-order valence-corrected chi connectivity index (χ4v) is 4.75. The number of aromatic hydroxyl groups is 1. The van der Waals surface area contributed by atoms with Crippen LogP contribution in [0.2, 0.25) is 0 Å². The predicted octanol–water partition coefficient (Wildman–Crippen LogP) is 5.71. The van der Waals surface area contributed by atoms with Gasteiger partial charge in [-0.15, -0.1) is 0 Å².